The van der Waals surface area contributed by atoms with Crippen molar-refractivity contribution in [3.63, 3.8) is 0 Å². The lowest BCUT2D eigenvalue weighted by Crippen LogP contribution is -2.59. The van der Waals surface area contributed by atoms with Gasteiger partial charge in [-0.3, -0.25) is 4.79 Å². The number of aliphatic hydroxyl groups is 4. The van der Waals surface area contributed by atoms with Crippen molar-refractivity contribution in [1.29, 1.82) is 0 Å². The van der Waals surface area contributed by atoms with Gasteiger partial charge in [0.05, 0.1) is 19.8 Å². The highest BCUT2D eigenvalue weighted by molar-refractivity contribution is 5.69. The van der Waals surface area contributed by atoms with Gasteiger partial charge in [0.25, 0.3) is 0 Å². The number of unbranched alkanes of at least 4 members (excludes halogenated alkanes) is 24. The summed E-state index contributed by atoms with van der Waals surface area (Å²) in [5, 5.41) is 40.2. The Balaban J connectivity index is 2.20. The molecule has 0 aromatic heterocycles. The summed E-state index contributed by atoms with van der Waals surface area (Å²) in [6.07, 6.45) is 52.8. The summed E-state index contributed by atoms with van der Waals surface area (Å²) in [6, 6.07) is 0. The molecule has 1 rings (SSSR count). The van der Waals surface area contributed by atoms with E-state index < -0.39 is 43.4 Å². The maximum absolute atomic E-state index is 12.8. The molecule has 0 aromatic rings. The Bertz CT molecular complexity index is 1160. The van der Waals surface area contributed by atoms with E-state index in [0.717, 1.165) is 51.4 Å². The van der Waals surface area contributed by atoms with Crippen LogP contribution in [0.2, 0.25) is 0 Å². The molecule has 0 aromatic carbocycles. The average molecular weight is 903 g/mol. The molecule has 1 heterocycles. The Morgan fingerprint density at radius 2 is 0.938 bits per heavy atom. The summed E-state index contributed by atoms with van der Waals surface area (Å²) in [5.74, 6) is -0.367. The van der Waals surface area contributed by atoms with Gasteiger partial charge < -0.3 is 39.4 Å². The van der Waals surface area contributed by atoms with Crippen molar-refractivity contribution in [2.45, 2.75) is 256 Å². The van der Waals surface area contributed by atoms with Gasteiger partial charge in [0.1, 0.15) is 30.5 Å². The van der Waals surface area contributed by atoms with Crippen molar-refractivity contribution < 1.29 is 44.2 Å². The van der Waals surface area contributed by atoms with Crippen LogP contribution >= 0.6 is 0 Å². The number of carbonyl (C=O) groups excluding carboxylic acids is 1. The molecular formula is C55H98O9. The molecule has 9 heteroatoms. The molecule has 0 saturated carbocycles. The third kappa shape index (κ3) is 36.1. The number of hydrogen-bond acceptors (Lipinski definition) is 9. The minimum atomic E-state index is -1.55. The van der Waals surface area contributed by atoms with Crippen molar-refractivity contribution in [2.24, 2.45) is 0 Å². The Labute approximate surface area is 392 Å². The van der Waals surface area contributed by atoms with Crippen LogP contribution in [0.3, 0.4) is 0 Å². The van der Waals surface area contributed by atoms with Gasteiger partial charge in [-0.05, 0) is 51.4 Å². The lowest BCUT2D eigenvalue weighted by atomic mass is 9.99. The first-order chi connectivity index (χ1) is 31.4. The van der Waals surface area contributed by atoms with Crippen LogP contribution in [0.1, 0.15) is 219 Å². The highest BCUT2D eigenvalue weighted by Gasteiger charge is 2.44. The Morgan fingerprint density at radius 3 is 1.38 bits per heavy atom. The van der Waals surface area contributed by atoms with Gasteiger partial charge in [0.2, 0.25) is 0 Å². The third-order valence-electron chi connectivity index (χ3n) is 11.9. The fourth-order valence-electron chi connectivity index (χ4n) is 7.88. The summed E-state index contributed by atoms with van der Waals surface area (Å²) < 4.78 is 22.8. The first-order valence-electron chi connectivity index (χ1n) is 26.4. The summed E-state index contributed by atoms with van der Waals surface area (Å²) in [7, 11) is 0. The zero-order chi connectivity index (χ0) is 46.4. The highest BCUT2D eigenvalue weighted by atomic mass is 16.7. The quantitative estimate of drug-likeness (QED) is 0.0268. The van der Waals surface area contributed by atoms with Crippen molar-refractivity contribution in [3.05, 3.63) is 60.8 Å². The SMILES string of the molecule is CC/C=C\C/C=C\C/C=C\C/C=C\C/C=C\CCCC(=O)OC(COCCCCCCCCCCCCCCCCCCCCCCCCCC)COC1OC(CO)C(O)C(O)C1O. The molecule has 1 saturated heterocycles. The molecule has 1 aliphatic heterocycles. The Kier molecular flexibility index (Phi) is 43.1. The van der Waals surface area contributed by atoms with Crippen molar-refractivity contribution >= 4 is 5.97 Å². The molecule has 4 N–H and O–H groups in total. The predicted molar refractivity (Wildman–Crippen MR) is 265 cm³/mol. The van der Waals surface area contributed by atoms with Crippen LogP contribution in [0.15, 0.2) is 60.8 Å². The molecule has 6 unspecified atom stereocenters. The molecular weight excluding hydrogens is 805 g/mol. The molecule has 1 aliphatic rings. The predicted octanol–water partition coefficient (Wildman–Crippen LogP) is 13.0. The number of esters is 1. The molecule has 0 bridgehead atoms. The van der Waals surface area contributed by atoms with E-state index in [2.05, 4.69) is 74.6 Å². The minimum absolute atomic E-state index is 0.122. The van der Waals surface area contributed by atoms with Gasteiger partial charge in [-0.2, -0.15) is 0 Å². The first kappa shape index (κ1) is 59.9. The van der Waals surface area contributed by atoms with Gasteiger partial charge in [0, 0.05) is 13.0 Å². The lowest BCUT2D eigenvalue weighted by molar-refractivity contribution is -0.305. The second-order valence-electron chi connectivity index (χ2n) is 17.9. The van der Waals surface area contributed by atoms with Crippen LogP contribution in [0, 0.1) is 0 Å². The number of carbonyl (C=O) groups is 1. The zero-order valence-electron chi connectivity index (χ0n) is 41.0. The zero-order valence-corrected chi connectivity index (χ0v) is 41.0. The van der Waals surface area contributed by atoms with E-state index in [1.54, 1.807) is 0 Å². The number of aliphatic hydroxyl groups excluding tert-OH is 4. The van der Waals surface area contributed by atoms with E-state index >= 15 is 0 Å². The van der Waals surface area contributed by atoms with Crippen molar-refractivity contribution in [2.75, 3.05) is 26.4 Å². The fraction of sp³-hybridized carbons (Fsp3) is 0.800. The molecule has 0 radical (unpaired) electrons. The molecule has 0 amide bonds. The Hall–Kier alpha value is -2.11. The highest BCUT2D eigenvalue weighted by Crippen LogP contribution is 2.23. The molecule has 0 spiro atoms. The van der Waals surface area contributed by atoms with Crippen LogP contribution in [-0.4, -0.2) is 89.6 Å². The van der Waals surface area contributed by atoms with Crippen LogP contribution in [0.5, 0.6) is 0 Å². The molecule has 1 fully saturated rings. The minimum Gasteiger partial charge on any atom is -0.457 e. The maximum atomic E-state index is 12.8. The smallest absolute Gasteiger partial charge is 0.306 e. The summed E-state index contributed by atoms with van der Waals surface area (Å²) >= 11 is 0. The van der Waals surface area contributed by atoms with Gasteiger partial charge in [-0.1, -0.05) is 222 Å². The van der Waals surface area contributed by atoms with E-state index in [-0.39, 0.29) is 25.6 Å². The van der Waals surface area contributed by atoms with Crippen LogP contribution in [0.4, 0.5) is 0 Å². The number of ether oxygens (including phenoxy) is 4. The summed E-state index contributed by atoms with van der Waals surface area (Å²) in [5.41, 5.74) is 0. The van der Waals surface area contributed by atoms with E-state index in [1.807, 2.05) is 0 Å². The van der Waals surface area contributed by atoms with Gasteiger partial charge >= 0.3 is 5.97 Å². The fourth-order valence-corrected chi connectivity index (χ4v) is 7.88. The van der Waals surface area contributed by atoms with E-state index in [4.69, 9.17) is 18.9 Å². The van der Waals surface area contributed by atoms with Crippen LogP contribution < -0.4 is 0 Å². The second kappa shape index (κ2) is 46.0. The third-order valence-corrected chi connectivity index (χ3v) is 11.9. The molecule has 9 nitrogen and oxygen atoms in total. The molecule has 6 atom stereocenters. The number of rotatable bonds is 45. The monoisotopic (exact) mass is 903 g/mol. The van der Waals surface area contributed by atoms with Crippen LogP contribution in [-0.2, 0) is 23.7 Å². The number of allylic oxidation sites excluding steroid dienone is 10. The summed E-state index contributed by atoms with van der Waals surface area (Å²) in [6.45, 7) is 4.40. The normalized spacial score (nSPS) is 20.0. The maximum Gasteiger partial charge on any atom is 0.306 e. The molecule has 64 heavy (non-hydrogen) atoms. The van der Waals surface area contributed by atoms with E-state index in [9.17, 15) is 25.2 Å². The molecule has 0 aliphatic carbocycles. The topological polar surface area (TPSA) is 135 Å². The van der Waals surface area contributed by atoms with Crippen molar-refractivity contribution in [3.8, 4) is 0 Å². The van der Waals surface area contributed by atoms with E-state index in [0.29, 0.717) is 13.0 Å². The largest absolute Gasteiger partial charge is 0.457 e. The first-order valence-corrected chi connectivity index (χ1v) is 26.4. The van der Waals surface area contributed by atoms with Crippen LogP contribution in [0.25, 0.3) is 0 Å². The Morgan fingerprint density at radius 1 is 0.516 bits per heavy atom. The standard InChI is InChI=1S/C55H98O9/c1-3-5-7-9-11-13-15-17-19-21-22-23-24-25-26-27-29-31-33-35-37-39-41-43-45-61-47-49(48-62-55-54(60)53(59)52(58)50(46-56)64-55)63-51(57)44-42-40-38-36-34-32-30-28-20-18-16-14-12-10-8-6-4-2/h6,8,12,14,18,20,30,32,36,38,49-50,52-56,58-60H,3-5,7,9-11,13,15-17,19,21-29,31,33-35,37,39-48H2,1-2H3/b8-6-,14-12-,20-18-,32-30-,38-36-. The average Bonchev–Trinajstić information content (AvgIpc) is 3.30. The van der Waals surface area contributed by atoms with Gasteiger partial charge in [0.15, 0.2) is 6.29 Å². The summed E-state index contributed by atoms with van der Waals surface area (Å²) in [4.78, 5) is 12.8. The van der Waals surface area contributed by atoms with Gasteiger partial charge in [-0.25, -0.2) is 0 Å². The van der Waals surface area contributed by atoms with Crippen molar-refractivity contribution in [1.82, 2.24) is 0 Å². The van der Waals surface area contributed by atoms with E-state index in [1.165, 1.54) is 141 Å². The van der Waals surface area contributed by atoms with Gasteiger partial charge in [-0.15, -0.1) is 0 Å². The lowest BCUT2D eigenvalue weighted by Gasteiger charge is -2.39. The molecule has 372 valence electrons. The second-order valence-corrected chi connectivity index (χ2v) is 17.9. The number of hydrogen-bond donors (Lipinski definition) is 4.